The molecule has 0 unspecified atom stereocenters. The lowest BCUT2D eigenvalue weighted by molar-refractivity contribution is -0.116. The first kappa shape index (κ1) is 18.5. The van der Waals surface area contributed by atoms with E-state index in [2.05, 4.69) is 41.6 Å². The number of carbonyl (C=O) groups excluding carboxylic acids is 1. The number of benzene rings is 1. The number of rotatable bonds is 4. The minimum Gasteiger partial charge on any atom is -0.326 e. The van der Waals surface area contributed by atoms with Crippen LogP contribution in [0.2, 0.25) is 0 Å². The molecule has 0 atom stereocenters. The number of carbonyl (C=O) groups is 1. The zero-order chi connectivity index (χ0) is 17.7. The van der Waals surface area contributed by atoms with Crippen molar-refractivity contribution in [2.45, 2.75) is 46.6 Å². The highest BCUT2D eigenvalue weighted by molar-refractivity contribution is 8.14. The molecule has 0 aromatic heterocycles. The fourth-order valence-electron chi connectivity index (χ4n) is 2.16. The standard InChI is InChI=1S/C18H26N4OS/c1-12(2)10-16(23)19-14-8-6-13(7-9-14)15-11-24-17(22-21-15)20-18(3,4)5/h6-9,12H,10-11H2,1-5H3,(H,19,23)(H,20,22). The van der Waals surface area contributed by atoms with E-state index in [0.29, 0.717) is 12.3 Å². The van der Waals surface area contributed by atoms with Crippen LogP contribution in [0.1, 0.15) is 46.6 Å². The van der Waals surface area contributed by atoms with Crippen molar-refractivity contribution in [1.82, 2.24) is 5.43 Å². The first-order valence-corrected chi connectivity index (χ1v) is 9.17. The molecule has 1 aliphatic heterocycles. The molecule has 0 aliphatic carbocycles. The van der Waals surface area contributed by atoms with Gasteiger partial charge in [0.2, 0.25) is 5.91 Å². The van der Waals surface area contributed by atoms with E-state index >= 15 is 0 Å². The minimum absolute atomic E-state index is 0.0491. The summed E-state index contributed by atoms with van der Waals surface area (Å²) in [6.45, 7) is 10.3. The van der Waals surface area contributed by atoms with Gasteiger partial charge < -0.3 is 5.32 Å². The van der Waals surface area contributed by atoms with Gasteiger partial charge in [-0.2, -0.15) is 5.10 Å². The third-order valence-electron chi connectivity index (χ3n) is 3.16. The summed E-state index contributed by atoms with van der Waals surface area (Å²) in [6, 6.07) is 7.80. The van der Waals surface area contributed by atoms with Gasteiger partial charge in [0.05, 0.1) is 11.3 Å². The van der Waals surface area contributed by atoms with Crippen molar-refractivity contribution in [3.8, 4) is 0 Å². The van der Waals surface area contributed by atoms with E-state index in [4.69, 9.17) is 0 Å². The van der Waals surface area contributed by atoms with Crippen molar-refractivity contribution < 1.29 is 4.79 Å². The maximum absolute atomic E-state index is 11.8. The van der Waals surface area contributed by atoms with Crippen molar-refractivity contribution in [3.63, 3.8) is 0 Å². The van der Waals surface area contributed by atoms with Crippen molar-refractivity contribution in [3.05, 3.63) is 29.8 Å². The first-order valence-electron chi connectivity index (χ1n) is 8.18. The Morgan fingerprint density at radius 2 is 2.00 bits per heavy atom. The van der Waals surface area contributed by atoms with Gasteiger partial charge >= 0.3 is 0 Å². The van der Waals surface area contributed by atoms with Crippen LogP contribution in [-0.4, -0.2) is 28.1 Å². The first-order chi connectivity index (χ1) is 11.2. The predicted octanol–water partition coefficient (Wildman–Crippen LogP) is 3.87. The Balaban J connectivity index is 1.99. The molecule has 0 saturated heterocycles. The molecule has 0 radical (unpaired) electrons. The van der Waals surface area contributed by atoms with E-state index in [0.717, 1.165) is 27.9 Å². The molecule has 1 heterocycles. The fourth-order valence-corrected chi connectivity index (χ4v) is 3.11. The number of anilines is 1. The second-order valence-corrected chi connectivity index (χ2v) is 8.23. The van der Waals surface area contributed by atoms with Gasteiger partial charge in [0, 0.05) is 17.9 Å². The van der Waals surface area contributed by atoms with Crippen molar-refractivity contribution >= 4 is 34.2 Å². The molecule has 1 aromatic carbocycles. The quantitative estimate of drug-likeness (QED) is 0.870. The highest BCUT2D eigenvalue weighted by Crippen LogP contribution is 2.18. The normalized spacial score (nSPS) is 16.8. The average Bonchev–Trinajstić information content (AvgIpc) is 2.46. The van der Waals surface area contributed by atoms with Crippen LogP contribution in [0.25, 0.3) is 0 Å². The molecule has 2 rings (SSSR count). The highest BCUT2D eigenvalue weighted by Gasteiger charge is 2.16. The number of thioether (sulfide) groups is 1. The van der Waals surface area contributed by atoms with Crippen LogP contribution in [0.5, 0.6) is 0 Å². The average molecular weight is 347 g/mol. The van der Waals surface area contributed by atoms with Crippen LogP contribution in [0.15, 0.2) is 34.4 Å². The number of hydrazone groups is 1. The number of hydrogen-bond donors (Lipinski definition) is 2. The number of hydrogen-bond acceptors (Lipinski definition) is 4. The summed E-state index contributed by atoms with van der Waals surface area (Å²) in [5.74, 6) is 1.18. The smallest absolute Gasteiger partial charge is 0.224 e. The zero-order valence-electron chi connectivity index (χ0n) is 15.0. The lowest BCUT2D eigenvalue weighted by Gasteiger charge is -2.19. The monoisotopic (exact) mass is 346 g/mol. The minimum atomic E-state index is -0.113. The molecule has 6 heteroatoms. The Kier molecular flexibility index (Phi) is 6.04. The van der Waals surface area contributed by atoms with Gasteiger partial charge in [0.25, 0.3) is 0 Å². The van der Waals surface area contributed by atoms with E-state index in [1.807, 2.05) is 38.1 Å². The van der Waals surface area contributed by atoms with Crippen LogP contribution in [-0.2, 0) is 4.79 Å². The molecule has 2 N–H and O–H groups in total. The van der Waals surface area contributed by atoms with Crippen LogP contribution < -0.4 is 10.7 Å². The van der Waals surface area contributed by atoms with E-state index in [1.54, 1.807) is 11.8 Å². The second-order valence-electron chi connectivity index (χ2n) is 7.27. The lowest BCUT2D eigenvalue weighted by Crippen LogP contribution is -2.28. The number of amides is 1. The van der Waals surface area contributed by atoms with Gasteiger partial charge in [0.15, 0.2) is 5.17 Å². The largest absolute Gasteiger partial charge is 0.326 e. The Hall–Kier alpha value is -1.82. The zero-order valence-corrected chi connectivity index (χ0v) is 15.8. The number of amidine groups is 1. The van der Waals surface area contributed by atoms with Crippen LogP contribution >= 0.6 is 11.8 Å². The van der Waals surface area contributed by atoms with Crippen LogP contribution in [0.3, 0.4) is 0 Å². The maximum atomic E-state index is 11.8. The van der Waals surface area contributed by atoms with Crippen molar-refractivity contribution in [1.29, 1.82) is 0 Å². The summed E-state index contributed by atoms with van der Waals surface area (Å²) < 4.78 is 0. The summed E-state index contributed by atoms with van der Waals surface area (Å²) in [4.78, 5) is 16.4. The summed E-state index contributed by atoms with van der Waals surface area (Å²) in [5.41, 5.74) is 5.75. The molecule has 0 saturated carbocycles. The van der Waals surface area contributed by atoms with Gasteiger partial charge in [-0.25, -0.2) is 0 Å². The Morgan fingerprint density at radius 3 is 2.50 bits per heavy atom. The molecule has 5 nitrogen and oxygen atoms in total. The summed E-state index contributed by atoms with van der Waals surface area (Å²) >= 11 is 1.65. The van der Waals surface area contributed by atoms with Gasteiger partial charge in [0.1, 0.15) is 0 Å². The second kappa shape index (κ2) is 7.83. The molecule has 0 fully saturated rings. The maximum Gasteiger partial charge on any atom is 0.224 e. The van der Waals surface area contributed by atoms with E-state index in [1.165, 1.54) is 0 Å². The highest BCUT2D eigenvalue weighted by atomic mass is 32.2. The number of nitrogens with one attached hydrogen (secondary N) is 2. The molecular weight excluding hydrogens is 320 g/mol. The lowest BCUT2D eigenvalue weighted by atomic mass is 10.1. The number of nitrogens with zero attached hydrogens (tertiary/aromatic N) is 2. The fraction of sp³-hybridized carbons (Fsp3) is 0.500. The molecule has 24 heavy (non-hydrogen) atoms. The Morgan fingerprint density at radius 1 is 1.33 bits per heavy atom. The predicted molar refractivity (Wildman–Crippen MR) is 104 cm³/mol. The van der Waals surface area contributed by atoms with Gasteiger partial charge in [-0.3, -0.25) is 15.2 Å². The van der Waals surface area contributed by atoms with E-state index < -0.39 is 0 Å². The Bertz CT molecular complexity index is 642. The topological polar surface area (TPSA) is 65.8 Å². The van der Waals surface area contributed by atoms with Gasteiger partial charge in [-0.05, 0) is 44.4 Å². The summed E-state index contributed by atoms with van der Waals surface area (Å²) in [5, 5.41) is 8.19. The van der Waals surface area contributed by atoms with Gasteiger partial charge in [-0.15, -0.1) is 0 Å². The van der Waals surface area contributed by atoms with Gasteiger partial charge in [-0.1, -0.05) is 37.7 Å². The van der Waals surface area contributed by atoms with Crippen molar-refractivity contribution in [2.75, 3.05) is 11.1 Å². The summed E-state index contributed by atoms with van der Waals surface area (Å²) in [6.07, 6.45) is 0.533. The third kappa shape index (κ3) is 6.00. The van der Waals surface area contributed by atoms with Crippen molar-refractivity contribution in [2.24, 2.45) is 16.0 Å². The molecule has 130 valence electrons. The summed E-state index contributed by atoms with van der Waals surface area (Å²) in [7, 11) is 0. The molecule has 1 amide bonds. The van der Waals surface area contributed by atoms with Crippen LogP contribution in [0.4, 0.5) is 5.69 Å². The van der Waals surface area contributed by atoms with E-state index in [9.17, 15) is 4.79 Å². The number of aliphatic imine (C=N–C) groups is 1. The van der Waals surface area contributed by atoms with Crippen LogP contribution in [0, 0.1) is 5.92 Å². The molecule has 1 aliphatic rings. The molecule has 0 bridgehead atoms. The molecular formula is C18H26N4OS. The molecule has 0 spiro atoms. The SMILES string of the molecule is CC(C)CC(=O)Nc1ccc(C2=NNC(=NC(C)(C)C)SC2)cc1. The van der Waals surface area contributed by atoms with E-state index in [-0.39, 0.29) is 11.4 Å². The Labute approximate surface area is 148 Å². The third-order valence-corrected chi connectivity index (χ3v) is 4.04. The molecule has 1 aromatic rings.